The van der Waals surface area contributed by atoms with E-state index in [-0.39, 0.29) is 22.9 Å². The molecule has 12 heteroatoms. The summed E-state index contributed by atoms with van der Waals surface area (Å²) in [5, 5.41) is 25.1. The number of non-ortho nitro benzene ring substituents is 1. The Morgan fingerprint density at radius 3 is 2.20 bits per heavy atom. The number of carbonyl (C=O) groups excluding carboxylic acids is 1. The number of nitrogens with zero attached hydrogens (tertiary/aromatic N) is 4. The van der Waals surface area contributed by atoms with E-state index in [1.807, 2.05) is 30.3 Å². The number of nitro benzene ring substituents is 1. The van der Waals surface area contributed by atoms with E-state index in [0.29, 0.717) is 6.54 Å². The Bertz CT molecular complexity index is 1070. The van der Waals surface area contributed by atoms with Gasteiger partial charge in [-0.2, -0.15) is 0 Å². The van der Waals surface area contributed by atoms with Gasteiger partial charge in [-0.25, -0.2) is 9.97 Å². The van der Waals surface area contributed by atoms with E-state index in [1.54, 1.807) is 0 Å². The van der Waals surface area contributed by atoms with Gasteiger partial charge in [-0.1, -0.05) is 30.3 Å². The van der Waals surface area contributed by atoms with Crippen LogP contribution < -0.4 is 16.2 Å². The third-order valence-corrected chi connectivity index (χ3v) is 3.94. The molecule has 0 aliphatic heterocycles. The molecule has 0 saturated carbocycles. The Morgan fingerprint density at radius 1 is 0.900 bits per heavy atom. The van der Waals surface area contributed by atoms with Gasteiger partial charge in [0.25, 0.3) is 11.6 Å². The molecule has 0 aliphatic rings. The van der Waals surface area contributed by atoms with Gasteiger partial charge in [-0.3, -0.25) is 35.9 Å². The van der Waals surface area contributed by atoms with E-state index in [1.165, 1.54) is 24.3 Å². The zero-order chi connectivity index (χ0) is 21.5. The first-order chi connectivity index (χ1) is 14.5. The van der Waals surface area contributed by atoms with E-state index in [9.17, 15) is 25.0 Å². The molecule has 0 radical (unpaired) electrons. The van der Waals surface area contributed by atoms with Crippen LogP contribution in [0.25, 0.3) is 0 Å². The fourth-order valence-electron chi connectivity index (χ4n) is 2.48. The van der Waals surface area contributed by atoms with Crippen LogP contribution in [0.1, 0.15) is 15.9 Å². The number of amides is 1. The number of carbonyl (C=O) groups is 1. The molecule has 0 bridgehead atoms. The smallest absolute Gasteiger partial charge is 0.354 e. The lowest BCUT2D eigenvalue weighted by Gasteiger charge is -2.11. The largest absolute Gasteiger partial charge is 0.360 e. The van der Waals surface area contributed by atoms with E-state index >= 15 is 0 Å². The molecule has 0 fully saturated rings. The van der Waals surface area contributed by atoms with Gasteiger partial charge in [-0.15, -0.1) is 0 Å². The van der Waals surface area contributed by atoms with Crippen molar-refractivity contribution in [3.8, 4) is 0 Å². The number of aromatic nitrogens is 2. The van der Waals surface area contributed by atoms with Crippen molar-refractivity contribution in [3.63, 3.8) is 0 Å². The fourth-order valence-corrected chi connectivity index (χ4v) is 2.48. The quantitative estimate of drug-likeness (QED) is 0.374. The minimum Gasteiger partial charge on any atom is -0.360 e. The topological polar surface area (TPSA) is 165 Å². The highest BCUT2D eigenvalue weighted by Crippen LogP contribution is 2.28. The first-order valence-corrected chi connectivity index (χ1v) is 8.53. The highest BCUT2D eigenvalue weighted by Gasteiger charge is 2.23. The average molecular weight is 409 g/mol. The molecule has 3 rings (SSSR count). The van der Waals surface area contributed by atoms with Crippen LogP contribution in [0.15, 0.2) is 60.9 Å². The molecule has 1 amide bonds. The second-order valence-corrected chi connectivity index (χ2v) is 5.90. The number of nitrogens with one attached hydrogen (secondary N) is 3. The molecule has 0 unspecified atom stereocenters. The first-order valence-electron chi connectivity index (χ1n) is 8.53. The van der Waals surface area contributed by atoms with Crippen molar-refractivity contribution in [3.05, 3.63) is 92.3 Å². The van der Waals surface area contributed by atoms with Gasteiger partial charge in [0.05, 0.1) is 9.85 Å². The summed E-state index contributed by atoms with van der Waals surface area (Å²) in [7, 11) is 0. The van der Waals surface area contributed by atoms with E-state index in [2.05, 4.69) is 26.1 Å². The summed E-state index contributed by atoms with van der Waals surface area (Å²) in [4.78, 5) is 40.9. The van der Waals surface area contributed by atoms with Crippen LogP contribution in [-0.4, -0.2) is 25.7 Å². The number of rotatable bonds is 8. The van der Waals surface area contributed by atoms with Crippen molar-refractivity contribution in [1.82, 2.24) is 15.4 Å². The molecule has 152 valence electrons. The van der Waals surface area contributed by atoms with Crippen molar-refractivity contribution in [2.45, 2.75) is 6.54 Å². The number of hydrogen-bond acceptors (Lipinski definition) is 9. The molecule has 2 aromatic carbocycles. The standard InChI is InChI=1S/C18H15N7O5/c26-18(13-6-8-14(9-7-13)24(27)28)23-22-17-15(25(29)30)16(20-11-21-17)19-10-12-4-2-1-3-5-12/h1-9,11H,10H2,(H,23,26)(H2,19,20,21,22). The predicted molar refractivity (Wildman–Crippen MR) is 107 cm³/mol. The minimum absolute atomic E-state index is 0.0223. The summed E-state index contributed by atoms with van der Waals surface area (Å²) in [6.07, 6.45) is 1.11. The Hall–Kier alpha value is -4.61. The van der Waals surface area contributed by atoms with Crippen LogP contribution in [0.2, 0.25) is 0 Å². The molecule has 0 atom stereocenters. The first kappa shape index (κ1) is 20.1. The Balaban J connectivity index is 1.72. The van der Waals surface area contributed by atoms with Gasteiger partial charge in [0, 0.05) is 24.2 Å². The van der Waals surface area contributed by atoms with Crippen LogP contribution in [0, 0.1) is 20.2 Å². The highest BCUT2D eigenvalue weighted by atomic mass is 16.6. The van der Waals surface area contributed by atoms with E-state index in [0.717, 1.165) is 11.9 Å². The van der Waals surface area contributed by atoms with Crippen molar-refractivity contribution >= 4 is 28.9 Å². The second kappa shape index (κ2) is 9.05. The van der Waals surface area contributed by atoms with Gasteiger partial charge < -0.3 is 5.32 Å². The molecule has 30 heavy (non-hydrogen) atoms. The number of anilines is 2. The van der Waals surface area contributed by atoms with Crippen LogP contribution in [-0.2, 0) is 6.54 Å². The highest BCUT2D eigenvalue weighted by molar-refractivity contribution is 5.95. The van der Waals surface area contributed by atoms with Crippen molar-refractivity contribution in [2.75, 3.05) is 10.7 Å². The average Bonchev–Trinajstić information content (AvgIpc) is 2.76. The Kier molecular flexibility index (Phi) is 6.08. The maximum absolute atomic E-state index is 12.2. The molecule has 1 aromatic heterocycles. The summed E-state index contributed by atoms with van der Waals surface area (Å²) < 4.78 is 0. The van der Waals surface area contributed by atoms with E-state index < -0.39 is 21.4 Å². The zero-order valence-corrected chi connectivity index (χ0v) is 15.3. The molecule has 3 aromatic rings. The van der Waals surface area contributed by atoms with E-state index in [4.69, 9.17) is 0 Å². The molecule has 0 aliphatic carbocycles. The Labute approximate surface area is 169 Å². The maximum Gasteiger partial charge on any atom is 0.354 e. The predicted octanol–water partition coefficient (Wildman–Crippen LogP) is 2.66. The molecule has 0 spiro atoms. The van der Waals surface area contributed by atoms with Crippen LogP contribution in [0.5, 0.6) is 0 Å². The van der Waals surface area contributed by atoms with Gasteiger partial charge >= 0.3 is 5.69 Å². The summed E-state index contributed by atoms with van der Waals surface area (Å²) in [6, 6.07) is 14.1. The lowest BCUT2D eigenvalue weighted by molar-refractivity contribution is -0.384. The third kappa shape index (κ3) is 4.81. The van der Waals surface area contributed by atoms with Crippen LogP contribution in [0.4, 0.5) is 23.0 Å². The molecule has 3 N–H and O–H groups in total. The maximum atomic E-state index is 12.2. The summed E-state index contributed by atoms with van der Waals surface area (Å²) in [5.41, 5.74) is 5.08. The fraction of sp³-hybridized carbons (Fsp3) is 0.0556. The lowest BCUT2D eigenvalue weighted by Crippen LogP contribution is -2.30. The minimum atomic E-state index is -0.673. The lowest BCUT2D eigenvalue weighted by atomic mass is 10.2. The Morgan fingerprint density at radius 2 is 1.57 bits per heavy atom. The normalized spacial score (nSPS) is 10.1. The van der Waals surface area contributed by atoms with Crippen LogP contribution in [0.3, 0.4) is 0 Å². The van der Waals surface area contributed by atoms with Crippen LogP contribution >= 0.6 is 0 Å². The second-order valence-electron chi connectivity index (χ2n) is 5.90. The summed E-state index contributed by atoms with van der Waals surface area (Å²) in [6.45, 7) is 0.299. The summed E-state index contributed by atoms with van der Waals surface area (Å²) in [5.74, 6) is -0.900. The summed E-state index contributed by atoms with van der Waals surface area (Å²) >= 11 is 0. The SMILES string of the molecule is O=C(NNc1ncnc(NCc2ccccc2)c1[N+](=O)[O-])c1ccc([N+](=O)[O-])cc1. The number of hydrogen-bond donors (Lipinski definition) is 3. The van der Waals surface area contributed by atoms with Gasteiger partial charge in [-0.05, 0) is 17.7 Å². The van der Waals surface area contributed by atoms with Gasteiger partial charge in [0.15, 0.2) is 0 Å². The molecule has 0 saturated heterocycles. The molecule has 12 nitrogen and oxygen atoms in total. The molecular weight excluding hydrogens is 394 g/mol. The van der Waals surface area contributed by atoms with Gasteiger partial charge in [0.2, 0.25) is 11.6 Å². The van der Waals surface area contributed by atoms with Crippen molar-refractivity contribution < 1.29 is 14.6 Å². The molecular formula is C18H15N7O5. The zero-order valence-electron chi connectivity index (χ0n) is 15.3. The van der Waals surface area contributed by atoms with Gasteiger partial charge in [0.1, 0.15) is 6.33 Å². The molecule has 1 heterocycles. The van der Waals surface area contributed by atoms with Crippen molar-refractivity contribution in [1.29, 1.82) is 0 Å². The number of nitro groups is 2. The number of benzene rings is 2. The van der Waals surface area contributed by atoms with Crippen molar-refractivity contribution in [2.24, 2.45) is 0 Å². The third-order valence-electron chi connectivity index (χ3n) is 3.94. The monoisotopic (exact) mass is 409 g/mol. The number of hydrazine groups is 1.